The molecule has 29 heavy (non-hydrogen) atoms. The first kappa shape index (κ1) is 20.1. The van der Waals surface area contributed by atoms with E-state index in [1.54, 1.807) is 17.8 Å². The van der Waals surface area contributed by atoms with Gasteiger partial charge in [-0.05, 0) is 44.8 Å². The first-order valence-corrected chi connectivity index (χ1v) is 9.93. The van der Waals surface area contributed by atoms with Crippen LogP contribution < -0.4 is 5.46 Å². The average Bonchev–Trinajstić information content (AvgIpc) is 3.24. The van der Waals surface area contributed by atoms with Gasteiger partial charge < -0.3 is 19.3 Å². The first-order valence-electron chi connectivity index (χ1n) is 9.93. The lowest BCUT2D eigenvalue weighted by molar-refractivity contribution is -0.143. The highest BCUT2D eigenvalue weighted by Crippen LogP contribution is 2.37. The molecule has 154 valence electrons. The van der Waals surface area contributed by atoms with Gasteiger partial charge >= 0.3 is 7.12 Å². The number of amides is 1. The van der Waals surface area contributed by atoms with Crippen molar-refractivity contribution in [3.63, 3.8) is 0 Å². The van der Waals surface area contributed by atoms with Crippen molar-refractivity contribution in [3.8, 4) is 11.3 Å². The molecular weight excluding hydrogens is 369 g/mol. The highest BCUT2D eigenvalue weighted by molar-refractivity contribution is 6.62. The van der Waals surface area contributed by atoms with Crippen LogP contribution in [0.4, 0.5) is 0 Å². The van der Waals surface area contributed by atoms with Crippen LogP contribution in [-0.2, 0) is 26.8 Å². The van der Waals surface area contributed by atoms with E-state index in [0.717, 1.165) is 16.7 Å². The summed E-state index contributed by atoms with van der Waals surface area (Å²) >= 11 is 0. The smallest absolute Gasteiger partial charge is 0.399 e. The number of carbonyl (C=O) groups excluding carboxylic acids is 1. The third-order valence-corrected chi connectivity index (χ3v) is 6.52. The average molecular weight is 397 g/mol. The molecule has 2 aromatic rings. The molecule has 3 heterocycles. The van der Waals surface area contributed by atoms with E-state index in [9.17, 15) is 9.90 Å². The Morgan fingerprint density at radius 1 is 1.10 bits per heavy atom. The van der Waals surface area contributed by atoms with Gasteiger partial charge in [0.2, 0.25) is 0 Å². The zero-order valence-corrected chi connectivity index (χ0v) is 17.9. The molecule has 4 rings (SSSR count). The lowest BCUT2D eigenvalue weighted by atomic mass is 9.78. The van der Waals surface area contributed by atoms with Crippen LogP contribution in [0.1, 0.15) is 39.8 Å². The highest BCUT2D eigenvalue weighted by atomic mass is 16.7. The first-order chi connectivity index (χ1) is 13.4. The SMILES string of the molecule is CN1CC[C@@](O)(c2cc(-c3cccc(B4OC(C)(C)C(C)(C)O4)c3)n(C)n2)C1=O. The van der Waals surface area contributed by atoms with Crippen molar-refractivity contribution in [2.24, 2.45) is 7.05 Å². The number of hydrogen-bond donors (Lipinski definition) is 1. The van der Waals surface area contributed by atoms with Crippen molar-refractivity contribution in [2.45, 2.75) is 50.9 Å². The molecule has 2 aliphatic rings. The molecule has 0 radical (unpaired) electrons. The van der Waals surface area contributed by atoms with Gasteiger partial charge in [0.15, 0.2) is 5.60 Å². The van der Waals surface area contributed by atoms with Crippen LogP contribution in [0.25, 0.3) is 11.3 Å². The van der Waals surface area contributed by atoms with E-state index in [4.69, 9.17) is 9.31 Å². The molecule has 1 aromatic heterocycles. The molecule has 1 atom stereocenters. The maximum absolute atomic E-state index is 12.4. The van der Waals surface area contributed by atoms with Crippen LogP contribution in [-0.4, -0.2) is 57.6 Å². The Morgan fingerprint density at radius 2 is 1.76 bits per heavy atom. The monoisotopic (exact) mass is 397 g/mol. The van der Waals surface area contributed by atoms with Gasteiger partial charge in [0.25, 0.3) is 5.91 Å². The van der Waals surface area contributed by atoms with Gasteiger partial charge in [0, 0.05) is 27.1 Å². The summed E-state index contributed by atoms with van der Waals surface area (Å²) in [4.78, 5) is 14.0. The van der Waals surface area contributed by atoms with Crippen LogP contribution in [0.15, 0.2) is 30.3 Å². The van der Waals surface area contributed by atoms with Gasteiger partial charge in [-0.25, -0.2) is 0 Å². The van der Waals surface area contributed by atoms with E-state index in [0.29, 0.717) is 18.7 Å². The van der Waals surface area contributed by atoms with Crippen LogP contribution >= 0.6 is 0 Å². The summed E-state index contributed by atoms with van der Waals surface area (Å²) in [5, 5.41) is 15.4. The second-order valence-corrected chi connectivity index (χ2v) is 9.09. The zero-order valence-electron chi connectivity index (χ0n) is 17.9. The standard InChI is InChI=1S/C21H28BN3O4/c1-19(2)20(3,4)29-22(28-19)15-9-7-8-14(12-15)16-13-17(23-25(16)6)21(27)10-11-24(5)18(21)26/h7-9,12-13,27H,10-11H2,1-6H3/t21-/m1/s1. The second kappa shape index (κ2) is 6.42. The Morgan fingerprint density at radius 3 is 2.34 bits per heavy atom. The van der Waals surface area contributed by atoms with E-state index in [1.165, 1.54) is 4.90 Å². The normalized spacial score (nSPS) is 25.8. The van der Waals surface area contributed by atoms with E-state index in [1.807, 2.05) is 59.0 Å². The molecule has 2 saturated heterocycles. The Bertz CT molecular complexity index is 955. The summed E-state index contributed by atoms with van der Waals surface area (Å²) in [5.74, 6) is -0.312. The zero-order chi connectivity index (χ0) is 21.2. The molecule has 0 unspecified atom stereocenters. The van der Waals surface area contributed by atoms with Gasteiger partial charge in [-0.15, -0.1) is 0 Å². The summed E-state index contributed by atoms with van der Waals surface area (Å²) in [6.45, 7) is 8.63. The highest BCUT2D eigenvalue weighted by Gasteiger charge is 2.52. The van der Waals surface area contributed by atoms with Crippen molar-refractivity contribution in [2.75, 3.05) is 13.6 Å². The number of aromatic nitrogens is 2. The Hall–Kier alpha value is -2.16. The molecule has 0 bridgehead atoms. The van der Waals surface area contributed by atoms with E-state index in [2.05, 4.69) is 5.10 Å². The van der Waals surface area contributed by atoms with Crippen molar-refractivity contribution < 1.29 is 19.2 Å². The molecule has 0 saturated carbocycles. The van der Waals surface area contributed by atoms with Crippen molar-refractivity contribution >= 4 is 18.5 Å². The lowest BCUT2D eigenvalue weighted by Gasteiger charge is -2.32. The predicted octanol–water partition coefficient (Wildman–Crippen LogP) is 1.44. The van der Waals surface area contributed by atoms with Crippen molar-refractivity contribution in [3.05, 3.63) is 36.0 Å². The summed E-state index contributed by atoms with van der Waals surface area (Å²) < 4.78 is 14.0. The number of likely N-dealkylation sites (N-methyl/N-ethyl adjacent to an activating group) is 1. The van der Waals surface area contributed by atoms with E-state index >= 15 is 0 Å². The minimum absolute atomic E-state index is 0.312. The molecule has 1 aromatic carbocycles. The Balaban J connectivity index is 1.67. The van der Waals surface area contributed by atoms with Crippen LogP contribution in [0, 0.1) is 0 Å². The summed E-state index contributed by atoms with van der Waals surface area (Å²) in [6.07, 6.45) is 0.340. The molecule has 0 spiro atoms. The maximum Gasteiger partial charge on any atom is 0.494 e. The van der Waals surface area contributed by atoms with Crippen LogP contribution in [0.5, 0.6) is 0 Å². The Labute approximate surface area is 171 Å². The molecule has 0 aliphatic carbocycles. The number of likely N-dealkylation sites (tertiary alicyclic amines) is 1. The number of nitrogens with zero attached hydrogens (tertiary/aromatic N) is 3. The van der Waals surface area contributed by atoms with Crippen molar-refractivity contribution in [1.82, 2.24) is 14.7 Å². The topological polar surface area (TPSA) is 76.8 Å². The van der Waals surface area contributed by atoms with Crippen molar-refractivity contribution in [1.29, 1.82) is 0 Å². The van der Waals surface area contributed by atoms with Gasteiger partial charge in [-0.1, -0.05) is 24.3 Å². The molecule has 8 heteroatoms. The number of rotatable bonds is 3. The van der Waals surface area contributed by atoms with E-state index < -0.39 is 23.9 Å². The predicted molar refractivity (Wildman–Crippen MR) is 111 cm³/mol. The summed E-state index contributed by atoms with van der Waals surface area (Å²) in [6, 6.07) is 9.70. The third-order valence-electron chi connectivity index (χ3n) is 6.52. The van der Waals surface area contributed by atoms with Crippen LogP contribution in [0.3, 0.4) is 0 Å². The molecule has 2 fully saturated rings. The summed E-state index contributed by atoms with van der Waals surface area (Å²) in [7, 11) is 3.05. The fraction of sp³-hybridized carbons (Fsp3) is 0.524. The fourth-order valence-corrected chi connectivity index (χ4v) is 3.85. The number of benzene rings is 1. The van der Waals surface area contributed by atoms with Gasteiger partial charge in [0.1, 0.15) is 5.69 Å². The maximum atomic E-state index is 12.4. The van der Waals surface area contributed by atoms with Crippen LogP contribution in [0.2, 0.25) is 0 Å². The minimum Gasteiger partial charge on any atom is -0.399 e. The number of hydrogen-bond acceptors (Lipinski definition) is 5. The van der Waals surface area contributed by atoms with Gasteiger partial charge in [-0.2, -0.15) is 5.10 Å². The Kier molecular flexibility index (Phi) is 4.46. The molecule has 2 aliphatic heterocycles. The number of aryl methyl sites for hydroxylation is 1. The quantitative estimate of drug-likeness (QED) is 0.794. The molecule has 1 N–H and O–H groups in total. The lowest BCUT2D eigenvalue weighted by Crippen LogP contribution is -2.41. The number of carbonyl (C=O) groups is 1. The fourth-order valence-electron chi connectivity index (χ4n) is 3.85. The van der Waals surface area contributed by atoms with E-state index in [-0.39, 0.29) is 5.91 Å². The van der Waals surface area contributed by atoms with Gasteiger partial charge in [0.05, 0.1) is 16.9 Å². The molecule has 1 amide bonds. The minimum atomic E-state index is -1.56. The molecule has 7 nitrogen and oxygen atoms in total. The third kappa shape index (κ3) is 3.10. The molecular formula is C21H28BN3O4. The second-order valence-electron chi connectivity index (χ2n) is 9.09. The summed E-state index contributed by atoms with van der Waals surface area (Å²) in [5.41, 5.74) is 0.644. The number of aliphatic hydroxyl groups is 1. The largest absolute Gasteiger partial charge is 0.494 e. The van der Waals surface area contributed by atoms with Gasteiger partial charge in [-0.3, -0.25) is 9.48 Å².